The number of hydrogen-bond acceptors (Lipinski definition) is 8. The second kappa shape index (κ2) is 13.2. The van der Waals surface area contributed by atoms with E-state index in [4.69, 9.17) is 19.3 Å². The van der Waals surface area contributed by atoms with Gasteiger partial charge in [0.1, 0.15) is 18.1 Å². The number of nitrogens with zero attached hydrogens (tertiary/aromatic N) is 5. The highest BCUT2D eigenvalue weighted by Gasteiger charge is 2.14. The second-order valence-electron chi connectivity index (χ2n) is 10.5. The lowest BCUT2D eigenvalue weighted by Crippen LogP contribution is -2.23. The molecule has 7 aromatic rings. The summed E-state index contributed by atoms with van der Waals surface area (Å²) in [5.74, 6) is 2.46. The summed E-state index contributed by atoms with van der Waals surface area (Å²) in [6.07, 6.45) is 7.40. The van der Waals surface area contributed by atoms with Crippen molar-refractivity contribution in [2.24, 2.45) is 0 Å². The van der Waals surface area contributed by atoms with Crippen LogP contribution >= 0.6 is 11.3 Å². The van der Waals surface area contributed by atoms with Gasteiger partial charge in [-0.25, -0.2) is 4.68 Å². The highest BCUT2D eigenvalue weighted by Crippen LogP contribution is 2.29. The van der Waals surface area contributed by atoms with Crippen LogP contribution in [0.1, 0.15) is 22.5 Å². The third kappa shape index (κ3) is 6.40. The quantitative estimate of drug-likeness (QED) is 0.173. The second-order valence-corrected chi connectivity index (χ2v) is 11.5. The standard InChI is InChI=1S/C37H29N5O4S/c1-44-31-19-13-25(21-32(31)45-2)14-20-34-38-37-42(39-34)36(43)33(47-37)22-28-23-41(29-11-7-4-8-12-29)40-35(28)27-15-17-30(18-16-27)46-24-26-9-5-3-6-10-26/h3-23H,24H2,1-2H3/b20-14+,33-22-. The van der Waals surface area contributed by atoms with Gasteiger partial charge in [0.15, 0.2) is 17.3 Å². The first-order valence-corrected chi connectivity index (χ1v) is 15.6. The molecule has 0 spiro atoms. The number of benzene rings is 4. The highest BCUT2D eigenvalue weighted by molar-refractivity contribution is 7.15. The van der Waals surface area contributed by atoms with Crippen molar-refractivity contribution in [3.05, 3.63) is 147 Å². The van der Waals surface area contributed by atoms with Crippen LogP contribution in [-0.2, 0) is 6.61 Å². The number of rotatable bonds is 10. The van der Waals surface area contributed by atoms with E-state index in [1.165, 1.54) is 15.9 Å². The number of para-hydroxylation sites is 1. The Hall–Kier alpha value is -6.00. The molecule has 7 rings (SSSR count). The number of thiazole rings is 1. The monoisotopic (exact) mass is 639 g/mol. The molecule has 0 unspecified atom stereocenters. The maximum atomic E-state index is 13.5. The van der Waals surface area contributed by atoms with Gasteiger partial charge < -0.3 is 14.2 Å². The summed E-state index contributed by atoms with van der Waals surface area (Å²) in [6.45, 7) is 0.482. The van der Waals surface area contributed by atoms with E-state index in [2.05, 4.69) is 10.1 Å². The van der Waals surface area contributed by atoms with Crippen molar-refractivity contribution in [1.82, 2.24) is 24.4 Å². The van der Waals surface area contributed by atoms with E-state index >= 15 is 0 Å². The van der Waals surface area contributed by atoms with Crippen LogP contribution in [-0.4, -0.2) is 38.6 Å². The fourth-order valence-electron chi connectivity index (χ4n) is 5.07. The van der Waals surface area contributed by atoms with Gasteiger partial charge in [-0.05, 0) is 71.8 Å². The Labute approximate surface area is 274 Å². The molecule has 3 aromatic heterocycles. The molecule has 232 valence electrons. The van der Waals surface area contributed by atoms with Crippen molar-refractivity contribution in [3.63, 3.8) is 0 Å². The topological polar surface area (TPSA) is 92.8 Å². The van der Waals surface area contributed by atoms with Crippen molar-refractivity contribution in [1.29, 1.82) is 0 Å². The Bertz CT molecular complexity index is 2290. The van der Waals surface area contributed by atoms with Crippen LogP contribution in [0.15, 0.2) is 114 Å². The van der Waals surface area contributed by atoms with E-state index in [-0.39, 0.29) is 5.56 Å². The minimum absolute atomic E-state index is 0.244. The lowest BCUT2D eigenvalue weighted by Gasteiger charge is -2.07. The van der Waals surface area contributed by atoms with E-state index in [1.54, 1.807) is 20.3 Å². The van der Waals surface area contributed by atoms with Crippen molar-refractivity contribution in [2.75, 3.05) is 14.2 Å². The molecule has 0 saturated carbocycles. The number of aromatic nitrogens is 5. The van der Waals surface area contributed by atoms with E-state index in [9.17, 15) is 4.79 Å². The van der Waals surface area contributed by atoms with E-state index in [0.29, 0.717) is 33.4 Å². The molecule has 0 aliphatic rings. The fourth-order valence-corrected chi connectivity index (χ4v) is 5.97. The van der Waals surface area contributed by atoms with Crippen LogP contribution in [0.25, 0.3) is 40.1 Å². The zero-order valence-corrected chi connectivity index (χ0v) is 26.4. The summed E-state index contributed by atoms with van der Waals surface area (Å²) in [7, 11) is 3.19. The van der Waals surface area contributed by atoms with Crippen molar-refractivity contribution in [2.45, 2.75) is 6.61 Å². The normalized spacial score (nSPS) is 11.8. The molecule has 47 heavy (non-hydrogen) atoms. The average Bonchev–Trinajstić information content (AvgIpc) is 3.81. The minimum atomic E-state index is -0.244. The van der Waals surface area contributed by atoms with Gasteiger partial charge in [0.05, 0.1) is 24.4 Å². The maximum Gasteiger partial charge on any atom is 0.291 e. The van der Waals surface area contributed by atoms with Crippen molar-refractivity contribution >= 4 is 34.5 Å². The molecule has 0 amide bonds. The lowest BCUT2D eigenvalue weighted by atomic mass is 10.1. The molecule has 0 aliphatic heterocycles. The zero-order valence-electron chi connectivity index (χ0n) is 25.6. The molecular weight excluding hydrogens is 611 g/mol. The molecular formula is C37H29N5O4S. The molecule has 0 fully saturated rings. The Balaban J connectivity index is 1.19. The first-order chi connectivity index (χ1) is 23.1. The minimum Gasteiger partial charge on any atom is -0.493 e. The van der Waals surface area contributed by atoms with Crippen LogP contribution in [0.2, 0.25) is 0 Å². The predicted octanol–water partition coefficient (Wildman–Crippen LogP) is 6.32. The summed E-state index contributed by atoms with van der Waals surface area (Å²) in [6, 6.07) is 33.3. The Kier molecular flexibility index (Phi) is 8.31. The maximum absolute atomic E-state index is 13.5. The SMILES string of the molecule is COc1ccc(/C=C/c2nc3s/c(=C\c4cn(-c5ccccc5)nc4-c4ccc(OCc5ccccc5)cc4)c(=O)n3n2)cc1OC. The predicted molar refractivity (Wildman–Crippen MR) is 184 cm³/mol. The summed E-state index contributed by atoms with van der Waals surface area (Å²) in [4.78, 5) is 18.6. The van der Waals surface area contributed by atoms with Gasteiger partial charge >= 0.3 is 0 Å². The van der Waals surface area contributed by atoms with Gasteiger partial charge in [0.2, 0.25) is 4.96 Å². The molecule has 0 radical (unpaired) electrons. The van der Waals surface area contributed by atoms with Gasteiger partial charge in [-0.15, -0.1) is 5.10 Å². The van der Waals surface area contributed by atoms with Crippen LogP contribution in [0.4, 0.5) is 0 Å². The van der Waals surface area contributed by atoms with E-state index < -0.39 is 0 Å². The molecule has 10 heteroatoms. The number of fused-ring (bicyclic) bond motifs is 1. The molecule has 0 bridgehead atoms. The van der Waals surface area contributed by atoms with Crippen LogP contribution in [0.5, 0.6) is 17.2 Å². The molecule has 0 saturated heterocycles. The number of methoxy groups -OCH3 is 2. The van der Waals surface area contributed by atoms with Gasteiger partial charge in [-0.2, -0.15) is 14.6 Å². The van der Waals surface area contributed by atoms with Gasteiger partial charge in [0.25, 0.3) is 5.56 Å². The van der Waals surface area contributed by atoms with Crippen LogP contribution < -0.4 is 24.3 Å². The Morgan fingerprint density at radius 2 is 1.55 bits per heavy atom. The smallest absolute Gasteiger partial charge is 0.291 e. The summed E-state index contributed by atoms with van der Waals surface area (Å²) in [5, 5.41) is 9.37. The number of hydrogen-bond donors (Lipinski definition) is 0. The van der Waals surface area contributed by atoms with Crippen LogP contribution in [0, 0.1) is 0 Å². The van der Waals surface area contributed by atoms with Crippen molar-refractivity contribution in [3.8, 4) is 34.2 Å². The summed E-state index contributed by atoms with van der Waals surface area (Å²) in [5.41, 5.74) is 5.07. The Morgan fingerprint density at radius 3 is 2.28 bits per heavy atom. The van der Waals surface area contributed by atoms with Crippen LogP contribution in [0.3, 0.4) is 0 Å². The van der Waals surface area contributed by atoms with E-state index in [1.807, 2.05) is 126 Å². The molecule has 9 nitrogen and oxygen atoms in total. The molecule has 0 N–H and O–H groups in total. The summed E-state index contributed by atoms with van der Waals surface area (Å²) < 4.78 is 20.4. The van der Waals surface area contributed by atoms with E-state index in [0.717, 1.165) is 39.4 Å². The first-order valence-electron chi connectivity index (χ1n) is 14.8. The van der Waals surface area contributed by atoms with Gasteiger partial charge in [-0.1, -0.05) is 72.0 Å². The summed E-state index contributed by atoms with van der Waals surface area (Å²) >= 11 is 1.28. The number of ether oxygens (including phenoxy) is 3. The average molecular weight is 640 g/mol. The highest BCUT2D eigenvalue weighted by atomic mass is 32.1. The largest absolute Gasteiger partial charge is 0.493 e. The Morgan fingerprint density at radius 1 is 0.809 bits per heavy atom. The third-order valence-electron chi connectivity index (χ3n) is 7.46. The molecule has 4 aromatic carbocycles. The van der Waals surface area contributed by atoms with Gasteiger partial charge in [0, 0.05) is 17.3 Å². The first kappa shape index (κ1) is 29.7. The fraction of sp³-hybridized carbons (Fsp3) is 0.0811. The molecule has 0 atom stereocenters. The van der Waals surface area contributed by atoms with Gasteiger partial charge in [-0.3, -0.25) is 4.79 Å². The van der Waals surface area contributed by atoms with Crippen molar-refractivity contribution < 1.29 is 14.2 Å². The zero-order chi connectivity index (χ0) is 32.2. The lowest BCUT2D eigenvalue weighted by molar-refractivity contribution is 0.306. The third-order valence-corrected chi connectivity index (χ3v) is 8.42. The molecule has 3 heterocycles. The molecule has 0 aliphatic carbocycles.